The normalized spacial score (nSPS) is 15.2. The number of pyridine rings is 1. The van der Waals surface area contributed by atoms with E-state index in [2.05, 4.69) is 4.98 Å². The molecule has 1 aliphatic rings. The van der Waals surface area contributed by atoms with Crippen molar-refractivity contribution in [1.82, 2.24) is 15.0 Å². The molecule has 6 heteroatoms. The maximum Gasteiger partial charge on any atom is 0.226 e. The molecule has 3 aromatic rings. The summed E-state index contributed by atoms with van der Waals surface area (Å²) in [5, 5.41) is 1.09. The molecule has 0 aromatic carbocycles. The van der Waals surface area contributed by atoms with E-state index in [4.69, 9.17) is 20.4 Å². The first-order valence-electron chi connectivity index (χ1n) is 8.33. The largest absolute Gasteiger partial charge is 0.475 e. The third-order valence-electron chi connectivity index (χ3n) is 4.20. The van der Waals surface area contributed by atoms with Gasteiger partial charge in [-0.05, 0) is 50.3 Å². The summed E-state index contributed by atoms with van der Waals surface area (Å²) in [5.41, 5.74) is 8.20. The average Bonchev–Trinajstić information content (AvgIpc) is 2.99. The molecular formula is C18H20N4OS. The van der Waals surface area contributed by atoms with E-state index < -0.39 is 0 Å². The van der Waals surface area contributed by atoms with Crippen molar-refractivity contribution in [1.29, 1.82) is 0 Å². The number of hydrogen-bond donors (Lipinski definition) is 1. The number of nitrogens with zero attached hydrogens (tertiary/aromatic N) is 3. The summed E-state index contributed by atoms with van der Waals surface area (Å²) in [6.45, 7) is 2.39. The lowest BCUT2D eigenvalue weighted by atomic mass is 9.97. The third-order valence-corrected chi connectivity index (χ3v) is 5.39. The van der Waals surface area contributed by atoms with E-state index in [0.29, 0.717) is 18.3 Å². The second-order valence-electron chi connectivity index (χ2n) is 6.27. The van der Waals surface area contributed by atoms with Crippen molar-refractivity contribution in [3.63, 3.8) is 0 Å². The number of hydrogen-bond acceptors (Lipinski definition) is 6. The highest BCUT2D eigenvalue weighted by Gasteiger charge is 2.22. The van der Waals surface area contributed by atoms with E-state index in [1.807, 2.05) is 19.1 Å². The van der Waals surface area contributed by atoms with Gasteiger partial charge in [0.15, 0.2) is 5.82 Å². The molecule has 3 aromatic heterocycles. The number of thiophene rings is 1. The van der Waals surface area contributed by atoms with E-state index >= 15 is 0 Å². The Morgan fingerprint density at radius 2 is 2.00 bits per heavy atom. The van der Waals surface area contributed by atoms with Crippen molar-refractivity contribution in [3.05, 3.63) is 35.0 Å². The first-order valence-corrected chi connectivity index (χ1v) is 9.15. The Balaban J connectivity index is 1.88. The SMILES string of the molecule is C[C@H](N)COc1nc(-c2ccncc2)nc2sc3c(c12)CCCC3. The summed E-state index contributed by atoms with van der Waals surface area (Å²) in [4.78, 5) is 16.0. The standard InChI is InChI=1S/C18H20N4OS/c1-11(19)10-23-17-15-13-4-2-3-5-14(13)24-18(15)22-16(21-17)12-6-8-20-9-7-12/h6-9,11H,2-5,10,19H2,1H3/t11-/m0/s1. The van der Waals surface area contributed by atoms with Gasteiger partial charge in [0.2, 0.25) is 5.88 Å². The fraction of sp³-hybridized carbons (Fsp3) is 0.389. The van der Waals surface area contributed by atoms with Crippen molar-refractivity contribution in [3.8, 4) is 17.3 Å². The number of aromatic nitrogens is 3. The van der Waals surface area contributed by atoms with E-state index in [-0.39, 0.29) is 6.04 Å². The predicted molar refractivity (Wildman–Crippen MR) is 96.4 cm³/mol. The van der Waals surface area contributed by atoms with Crippen LogP contribution in [0.4, 0.5) is 0 Å². The minimum Gasteiger partial charge on any atom is -0.475 e. The van der Waals surface area contributed by atoms with Crippen LogP contribution in [0.25, 0.3) is 21.6 Å². The fourth-order valence-corrected chi connectivity index (χ4v) is 4.32. The number of fused-ring (bicyclic) bond motifs is 3. The van der Waals surface area contributed by atoms with Gasteiger partial charge in [0.25, 0.3) is 0 Å². The lowest BCUT2D eigenvalue weighted by molar-refractivity contribution is 0.289. The smallest absolute Gasteiger partial charge is 0.226 e. The molecular weight excluding hydrogens is 320 g/mol. The van der Waals surface area contributed by atoms with Crippen LogP contribution >= 0.6 is 11.3 Å². The Labute approximate surface area is 144 Å². The highest BCUT2D eigenvalue weighted by atomic mass is 32.1. The van der Waals surface area contributed by atoms with E-state index in [1.54, 1.807) is 23.7 Å². The number of ether oxygens (including phenoxy) is 1. The van der Waals surface area contributed by atoms with Gasteiger partial charge in [0.1, 0.15) is 11.4 Å². The van der Waals surface area contributed by atoms with Crippen molar-refractivity contribution in [2.75, 3.05) is 6.61 Å². The highest BCUT2D eigenvalue weighted by Crippen LogP contribution is 2.40. The fourth-order valence-electron chi connectivity index (χ4n) is 3.07. The first kappa shape index (κ1) is 15.5. The molecule has 0 amide bonds. The van der Waals surface area contributed by atoms with E-state index in [9.17, 15) is 0 Å². The minimum atomic E-state index is -0.0335. The molecule has 0 radical (unpaired) electrons. The highest BCUT2D eigenvalue weighted by molar-refractivity contribution is 7.18. The zero-order chi connectivity index (χ0) is 16.5. The van der Waals surface area contributed by atoms with E-state index in [1.165, 1.54) is 23.3 Å². The van der Waals surface area contributed by atoms with Gasteiger partial charge in [0, 0.05) is 28.9 Å². The number of aryl methyl sites for hydroxylation is 2. The van der Waals surface area contributed by atoms with Gasteiger partial charge >= 0.3 is 0 Å². The van der Waals surface area contributed by atoms with Crippen LogP contribution in [0, 0.1) is 0 Å². The van der Waals surface area contributed by atoms with Crippen LogP contribution in [-0.4, -0.2) is 27.6 Å². The average molecular weight is 340 g/mol. The lowest BCUT2D eigenvalue weighted by Gasteiger charge is -2.13. The molecule has 24 heavy (non-hydrogen) atoms. The summed E-state index contributed by atoms with van der Waals surface area (Å²) in [6, 6.07) is 3.81. The summed E-state index contributed by atoms with van der Waals surface area (Å²) in [7, 11) is 0. The summed E-state index contributed by atoms with van der Waals surface area (Å²) in [6.07, 6.45) is 8.20. The molecule has 0 saturated heterocycles. The monoisotopic (exact) mass is 340 g/mol. The Hall–Kier alpha value is -2.05. The molecule has 0 bridgehead atoms. The van der Waals surface area contributed by atoms with Crippen molar-refractivity contribution < 1.29 is 4.74 Å². The third kappa shape index (κ3) is 2.87. The predicted octanol–water partition coefficient (Wildman–Crippen LogP) is 3.36. The van der Waals surface area contributed by atoms with Gasteiger partial charge in [-0.3, -0.25) is 4.98 Å². The zero-order valence-electron chi connectivity index (χ0n) is 13.7. The van der Waals surface area contributed by atoms with Crippen molar-refractivity contribution in [2.24, 2.45) is 5.73 Å². The van der Waals surface area contributed by atoms with Gasteiger partial charge in [0.05, 0.1) is 5.39 Å². The van der Waals surface area contributed by atoms with Crippen LogP contribution < -0.4 is 10.5 Å². The maximum atomic E-state index is 5.98. The Bertz CT molecular complexity index is 860. The van der Waals surface area contributed by atoms with Crippen LogP contribution in [0.5, 0.6) is 5.88 Å². The van der Waals surface area contributed by atoms with Crippen LogP contribution in [-0.2, 0) is 12.8 Å². The molecule has 4 rings (SSSR count). The van der Waals surface area contributed by atoms with Gasteiger partial charge in [-0.1, -0.05) is 0 Å². The van der Waals surface area contributed by atoms with Gasteiger partial charge in [-0.25, -0.2) is 4.98 Å². The van der Waals surface area contributed by atoms with Crippen molar-refractivity contribution in [2.45, 2.75) is 38.6 Å². The van der Waals surface area contributed by atoms with E-state index in [0.717, 1.165) is 28.6 Å². The minimum absolute atomic E-state index is 0.0335. The molecule has 2 N–H and O–H groups in total. The summed E-state index contributed by atoms with van der Waals surface area (Å²) in [5.74, 6) is 1.35. The number of rotatable bonds is 4. The van der Waals surface area contributed by atoms with Gasteiger partial charge in [-0.15, -0.1) is 11.3 Å². The summed E-state index contributed by atoms with van der Waals surface area (Å²) >= 11 is 1.78. The molecule has 5 nitrogen and oxygen atoms in total. The molecule has 3 heterocycles. The molecule has 0 unspecified atom stereocenters. The molecule has 0 aliphatic heterocycles. The lowest BCUT2D eigenvalue weighted by Crippen LogP contribution is -2.24. The quantitative estimate of drug-likeness (QED) is 0.788. The Morgan fingerprint density at radius 3 is 2.79 bits per heavy atom. The summed E-state index contributed by atoms with van der Waals surface area (Å²) < 4.78 is 5.98. The second kappa shape index (κ2) is 6.45. The molecule has 0 spiro atoms. The van der Waals surface area contributed by atoms with Crippen LogP contribution in [0.2, 0.25) is 0 Å². The molecule has 1 aliphatic carbocycles. The molecule has 1 atom stereocenters. The zero-order valence-corrected chi connectivity index (χ0v) is 14.5. The Morgan fingerprint density at radius 1 is 1.21 bits per heavy atom. The topological polar surface area (TPSA) is 73.9 Å². The van der Waals surface area contributed by atoms with Crippen LogP contribution in [0.1, 0.15) is 30.2 Å². The molecule has 0 fully saturated rings. The van der Waals surface area contributed by atoms with Crippen LogP contribution in [0.3, 0.4) is 0 Å². The second-order valence-corrected chi connectivity index (χ2v) is 7.35. The van der Waals surface area contributed by atoms with Gasteiger partial charge in [-0.2, -0.15) is 4.98 Å². The molecule has 0 saturated carbocycles. The van der Waals surface area contributed by atoms with Crippen LogP contribution in [0.15, 0.2) is 24.5 Å². The Kier molecular flexibility index (Phi) is 4.16. The number of nitrogens with two attached hydrogens (primary N) is 1. The van der Waals surface area contributed by atoms with Gasteiger partial charge < -0.3 is 10.5 Å². The first-order chi connectivity index (χ1) is 11.7. The maximum absolute atomic E-state index is 5.98. The van der Waals surface area contributed by atoms with Crippen molar-refractivity contribution >= 4 is 21.6 Å². The molecule has 124 valence electrons.